The molecule has 0 radical (unpaired) electrons. The van der Waals surface area contributed by atoms with E-state index >= 15 is 0 Å². The summed E-state index contributed by atoms with van der Waals surface area (Å²) in [6.45, 7) is 1.35. The Kier molecular flexibility index (Phi) is 6.77. The highest BCUT2D eigenvalue weighted by molar-refractivity contribution is 9.09. The third-order valence-corrected chi connectivity index (χ3v) is 4.57. The lowest BCUT2D eigenvalue weighted by molar-refractivity contribution is -0.129. The fourth-order valence-corrected chi connectivity index (χ4v) is 3.81. The third-order valence-electron chi connectivity index (χ3n) is 2.65. The van der Waals surface area contributed by atoms with Crippen molar-refractivity contribution in [1.29, 1.82) is 0 Å². The molecule has 0 aliphatic carbocycles. The first-order chi connectivity index (χ1) is 7.65. The summed E-state index contributed by atoms with van der Waals surface area (Å²) >= 11 is 5.31. The SMILES string of the molecule is COCC(Br)CN(C)C(=O)C1CCCCS1. The van der Waals surface area contributed by atoms with E-state index in [2.05, 4.69) is 15.9 Å². The van der Waals surface area contributed by atoms with Gasteiger partial charge in [-0.1, -0.05) is 22.4 Å². The van der Waals surface area contributed by atoms with Gasteiger partial charge in [0.25, 0.3) is 0 Å². The van der Waals surface area contributed by atoms with Crippen LogP contribution in [-0.2, 0) is 9.53 Å². The Morgan fingerprint density at radius 3 is 2.94 bits per heavy atom. The van der Waals surface area contributed by atoms with Gasteiger partial charge in [-0.05, 0) is 18.6 Å². The van der Waals surface area contributed by atoms with E-state index in [1.54, 1.807) is 18.9 Å². The zero-order valence-electron chi connectivity index (χ0n) is 9.95. The molecule has 1 fully saturated rings. The van der Waals surface area contributed by atoms with Crippen LogP contribution in [0.25, 0.3) is 0 Å². The Morgan fingerprint density at radius 1 is 1.62 bits per heavy atom. The molecule has 1 aliphatic heterocycles. The number of rotatable bonds is 5. The average molecular weight is 310 g/mol. The molecular formula is C11H20BrNO2S. The van der Waals surface area contributed by atoms with Crippen molar-refractivity contribution in [2.45, 2.75) is 29.3 Å². The lowest BCUT2D eigenvalue weighted by atomic mass is 10.1. The fraction of sp³-hybridized carbons (Fsp3) is 0.909. The van der Waals surface area contributed by atoms with Gasteiger partial charge in [0, 0.05) is 20.7 Å². The van der Waals surface area contributed by atoms with Crippen LogP contribution in [0, 0.1) is 0 Å². The molecule has 16 heavy (non-hydrogen) atoms. The molecule has 0 spiro atoms. The molecule has 0 aromatic heterocycles. The maximum atomic E-state index is 12.1. The number of halogens is 1. The van der Waals surface area contributed by atoms with Crippen molar-refractivity contribution >= 4 is 33.6 Å². The molecule has 1 rings (SSSR count). The normalized spacial score (nSPS) is 22.8. The van der Waals surface area contributed by atoms with Crippen LogP contribution in [0.3, 0.4) is 0 Å². The number of methoxy groups -OCH3 is 1. The molecule has 94 valence electrons. The molecule has 1 heterocycles. The highest BCUT2D eigenvalue weighted by Gasteiger charge is 2.25. The minimum Gasteiger partial charge on any atom is -0.383 e. The van der Waals surface area contributed by atoms with Crippen LogP contribution in [0.2, 0.25) is 0 Å². The lowest BCUT2D eigenvalue weighted by Crippen LogP contribution is -2.39. The van der Waals surface area contributed by atoms with Crippen molar-refractivity contribution in [2.24, 2.45) is 0 Å². The van der Waals surface area contributed by atoms with E-state index in [1.165, 1.54) is 12.8 Å². The molecule has 1 amide bonds. The molecule has 1 saturated heterocycles. The minimum atomic E-state index is 0.181. The van der Waals surface area contributed by atoms with E-state index in [0.717, 1.165) is 12.2 Å². The number of hydrogen-bond donors (Lipinski definition) is 0. The first-order valence-electron chi connectivity index (χ1n) is 5.64. The van der Waals surface area contributed by atoms with Crippen molar-refractivity contribution in [3.63, 3.8) is 0 Å². The third kappa shape index (κ3) is 4.63. The summed E-state index contributed by atoms with van der Waals surface area (Å²) in [5.74, 6) is 1.39. The Hall–Kier alpha value is 0.260. The van der Waals surface area contributed by atoms with Crippen LogP contribution >= 0.6 is 27.7 Å². The molecule has 2 unspecified atom stereocenters. The van der Waals surface area contributed by atoms with E-state index in [-0.39, 0.29) is 16.0 Å². The van der Waals surface area contributed by atoms with Gasteiger partial charge in [-0.25, -0.2) is 0 Å². The van der Waals surface area contributed by atoms with Gasteiger partial charge in [0.2, 0.25) is 5.91 Å². The van der Waals surface area contributed by atoms with E-state index < -0.39 is 0 Å². The number of nitrogens with zero attached hydrogens (tertiary/aromatic N) is 1. The van der Waals surface area contributed by atoms with Crippen LogP contribution in [0.15, 0.2) is 0 Å². The summed E-state index contributed by atoms with van der Waals surface area (Å²) in [4.78, 5) is 14.1. The Balaban J connectivity index is 2.34. The number of ether oxygens (including phenoxy) is 1. The second kappa shape index (κ2) is 7.56. The molecule has 3 nitrogen and oxygen atoms in total. The van der Waals surface area contributed by atoms with Gasteiger partial charge in [-0.3, -0.25) is 4.79 Å². The molecule has 0 aromatic rings. The quantitative estimate of drug-likeness (QED) is 0.729. The summed E-state index contributed by atoms with van der Waals surface area (Å²) in [7, 11) is 3.55. The smallest absolute Gasteiger partial charge is 0.235 e. The number of carbonyl (C=O) groups is 1. The Labute approximate surface area is 110 Å². The summed E-state index contributed by atoms with van der Waals surface area (Å²) in [5.41, 5.74) is 0. The molecule has 0 N–H and O–H groups in total. The molecule has 0 aromatic carbocycles. The number of thioether (sulfide) groups is 1. The molecular weight excluding hydrogens is 290 g/mol. The van der Waals surface area contributed by atoms with E-state index in [9.17, 15) is 4.79 Å². The fourth-order valence-electron chi connectivity index (χ4n) is 1.80. The molecule has 2 atom stereocenters. The van der Waals surface area contributed by atoms with Gasteiger partial charge in [0.05, 0.1) is 16.7 Å². The zero-order valence-corrected chi connectivity index (χ0v) is 12.3. The van der Waals surface area contributed by atoms with Crippen molar-refractivity contribution in [3.8, 4) is 0 Å². The number of hydrogen-bond acceptors (Lipinski definition) is 3. The monoisotopic (exact) mass is 309 g/mol. The van der Waals surface area contributed by atoms with E-state index in [0.29, 0.717) is 13.2 Å². The highest BCUT2D eigenvalue weighted by atomic mass is 79.9. The van der Waals surface area contributed by atoms with Crippen LogP contribution < -0.4 is 0 Å². The average Bonchev–Trinajstić information content (AvgIpc) is 2.29. The van der Waals surface area contributed by atoms with Gasteiger partial charge >= 0.3 is 0 Å². The zero-order chi connectivity index (χ0) is 12.0. The summed E-state index contributed by atoms with van der Waals surface area (Å²) < 4.78 is 5.04. The number of alkyl halides is 1. The topological polar surface area (TPSA) is 29.5 Å². The molecule has 1 aliphatic rings. The molecule has 5 heteroatoms. The van der Waals surface area contributed by atoms with Crippen LogP contribution in [0.4, 0.5) is 0 Å². The van der Waals surface area contributed by atoms with Gasteiger partial charge in [-0.15, -0.1) is 11.8 Å². The predicted molar refractivity (Wildman–Crippen MR) is 72.3 cm³/mol. The first-order valence-corrected chi connectivity index (χ1v) is 7.61. The van der Waals surface area contributed by atoms with Gasteiger partial charge in [-0.2, -0.15) is 0 Å². The van der Waals surface area contributed by atoms with Gasteiger partial charge < -0.3 is 9.64 Å². The summed E-state index contributed by atoms with van der Waals surface area (Å²) in [6, 6.07) is 0. The summed E-state index contributed by atoms with van der Waals surface area (Å²) in [6.07, 6.45) is 3.47. The standard InChI is InChI=1S/C11H20BrNO2S/c1-13(7-9(12)8-15-2)11(14)10-5-3-4-6-16-10/h9-10H,3-8H2,1-2H3. The van der Waals surface area contributed by atoms with Crippen LogP contribution in [-0.4, -0.2) is 53.9 Å². The van der Waals surface area contributed by atoms with Crippen molar-refractivity contribution < 1.29 is 9.53 Å². The van der Waals surface area contributed by atoms with E-state index in [4.69, 9.17) is 4.74 Å². The molecule has 0 bridgehead atoms. The first kappa shape index (κ1) is 14.3. The molecule has 0 saturated carbocycles. The number of amides is 1. The van der Waals surface area contributed by atoms with Crippen molar-refractivity contribution in [1.82, 2.24) is 4.90 Å². The second-order valence-corrected chi connectivity index (χ2v) is 6.73. The Morgan fingerprint density at radius 2 is 2.38 bits per heavy atom. The number of carbonyl (C=O) groups excluding carboxylic acids is 1. The second-order valence-electron chi connectivity index (χ2n) is 4.13. The predicted octanol–water partition coefficient (Wildman–Crippen LogP) is 2.14. The Bertz CT molecular complexity index is 222. The minimum absolute atomic E-state index is 0.181. The summed E-state index contributed by atoms with van der Waals surface area (Å²) in [5, 5.41) is 0.181. The van der Waals surface area contributed by atoms with Gasteiger partial charge in [0.1, 0.15) is 0 Å². The van der Waals surface area contributed by atoms with Gasteiger partial charge in [0.15, 0.2) is 0 Å². The maximum absolute atomic E-state index is 12.1. The van der Waals surface area contributed by atoms with Crippen LogP contribution in [0.1, 0.15) is 19.3 Å². The largest absolute Gasteiger partial charge is 0.383 e. The van der Waals surface area contributed by atoms with Crippen molar-refractivity contribution in [3.05, 3.63) is 0 Å². The van der Waals surface area contributed by atoms with E-state index in [1.807, 2.05) is 11.9 Å². The maximum Gasteiger partial charge on any atom is 0.235 e. The van der Waals surface area contributed by atoms with Crippen molar-refractivity contribution in [2.75, 3.05) is 33.1 Å². The lowest BCUT2D eigenvalue weighted by Gasteiger charge is -2.27. The highest BCUT2D eigenvalue weighted by Crippen LogP contribution is 2.26. The van der Waals surface area contributed by atoms with Crippen LogP contribution in [0.5, 0.6) is 0 Å².